The molecule has 1 aromatic rings. The van der Waals surface area contributed by atoms with Crippen molar-refractivity contribution in [2.45, 2.75) is 27.2 Å². The molecule has 1 aliphatic rings. The van der Waals surface area contributed by atoms with Crippen molar-refractivity contribution < 1.29 is 14.3 Å². The molecule has 1 heterocycles. The maximum Gasteiger partial charge on any atom is 0.336 e. The maximum atomic E-state index is 14.4. The first-order valence-corrected chi connectivity index (χ1v) is 7.67. The Balaban J connectivity index is 2.28. The highest BCUT2D eigenvalue weighted by atomic mass is 79.9. The smallest absolute Gasteiger partial charge is 0.336 e. The van der Waals surface area contributed by atoms with E-state index >= 15 is 0 Å². The number of hydrogen-bond acceptors (Lipinski definition) is 2. The standard InChI is InChI=1S/C16H19BrFNO2/c1-16(2,3)10-6-8-19(9-7-10)12-5-4-11(15(20)21)13(17)14(12)18/h4-6H,7-9H2,1-3H3,(H,20,21). The Morgan fingerprint density at radius 1 is 1.38 bits per heavy atom. The zero-order valence-electron chi connectivity index (χ0n) is 12.4. The third-order valence-corrected chi connectivity index (χ3v) is 4.58. The number of nitrogens with zero attached hydrogens (tertiary/aromatic N) is 1. The van der Waals surface area contributed by atoms with E-state index in [1.165, 1.54) is 11.6 Å². The predicted octanol–water partition coefficient (Wildman–Crippen LogP) is 4.47. The van der Waals surface area contributed by atoms with Gasteiger partial charge in [0.2, 0.25) is 0 Å². The topological polar surface area (TPSA) is 40.5 Å². The van der Waals surface area contributed by atoms with Gasteiger partial charge >= 0.3 is 5.97 Å². The molecular weight excluding hydrogens is 337 g/mol. The summed E-state index contributed by atoms with van der Waals surface area (Å²) in [5, 5.41) is 9.00. The number of carboxylic acid groups (broad SMARTS) is 1. The average molecular weight is 356 g/mol. The first-order chi connectivity index (χ1) is 9.71. The Kier molecular flexibility index (Phi) is 4.42. The van der Waals surface area contributed by atoms with E-state index in [9.17, 15) is 9.18 Å². The van der Waals surface area contributed by atoms with Gasteiger partial charge in [-0.25, -0.2) is 9.18 Å². The summed E-state index contributed by atoms with van der Waals surface area (Å²) in [5.41, 5.74) is 1.90. The zero-order valence-corrected chi connectivity index (χ0v) is 14.0. The molecular formula is C16H19BrFNO2. The molecule has 0 unspecified atom stereocenters. The highest BCUT2D eigenvalue weighted by Crippen LogP contribution is 2.34. The summed E-state index contributed by atoms with van der Waals surface area (Å²) in [4.78, 5) is 12.9. The minimum atomic E-state index is -1.14. The van der Waals surface area contributed by atoms with E-state index in [0.717, 1.165) is 13.0 Å². The van der Waals surface area contributed by atoms with Gasteiger partial charge in [-0.05, 0) is 39.9 Å². The summed E-state index contributed by atoms with van der Waals surface area (Å²) >= 11 is 3.04. The number of hydrogen-bond donors (Lipinski definition) is 1. The van der Waals surface area contributed by atoms with Crippen LogP contribution in [0.2, 0.25) is 0 Å². The predicted molar refractivity (Wildman–Crippen MR) is 85.4 cm³/mol. The Morgan fingerprint density at radius 2 is 2.05 bits per heavy atom. The lowest BCUT2D eigenvalue weighted by Gasteiger charge is -2.33. The van der Waals surface area contributed by atoms with Gasteiger partial charge in [-0.2, -0.15) is 0 Å². The second-order valence-corrected chi connectivity index (χ2v) is 7.03. The highest BCUT2D eigenvalue weighted by Gasteiger charge is 2.24. The molecule has 114 valence electrons. The molecule has 0 atom stereocenters. The summed E-state index contributed by atoms with van der Waals surface area (Å²) in [6.45, 7) is 7.90. The highest BCUT2D eigenvalue weighted by molar-refractivity contribution is 9.10. The van der Waals surface area contributed by atoms with Crippen LogP contribution in [0.1, 0.15) is 37.6 Å². The third-order valence-electron chi connectivity index (χ3n) is 3.81. The quantitative estimate of drug-likeness (QED) is 0.795. The summed E-state index contributed by atoms with van der Waals surface area (Å²) in [7, 11) is 0. The molecule has 21 heavy (non-hydrogen) atoms. The Morgan fingerprint density at radius 3 is 2.52 bits per heavy atom. The number of carboxylic acids is 1. The molecule has 0 radical (unpaired) electrons. The van der Waals surface area contributed by atoms with Gasteiger partial charge in [-0.15, -0.1) is 0 Å². The molecule has 0 spiro atoms. The van der Waals surface area contributed by atoms with Gasteiger partial charge in [0.05, 0.1) is 15.7 Å². The molecule has 0 bridgehead atoms. The Hall–Kier alpha value is -1.36. The van der Waals surface area contributed by atoms with Crippen molar-refractivity contribution in [2.24, 2.45) is 5.41 Å². The SMILES string of the molecule is CC(C)(C)C1=CCN(c2ccc(C(=O)O)c(Br)c2F)CC1. The molecule has 0 aliphatic carbocycles. The van der Waals surface area contributed by atoms with Crippen LogP contribution in [-0.4, -0.2) is 24.2 Å². The molecule has 1 aliphatic heterocycles. The first kappa shape index (κ1) is 16.0. The van der Waals surface area contributed by atoms with E-state index in [-0.39, 0.29) is 15.5 Å². The number of anilines is 1. The second-order valence-electron chi connectivity index (χ2n) is 6.24. The van der Waals surface area contributed by atoms with Crippen LogP contribution in [-0.2, 0) is 0 Å². The molecule has 0 saturated carbocycles. The second kappa shape index (κ2) is 5.79. The van der Waals surface area contributed by atoms with Gasteiger partial charge in [0.25, 0.3) is 0 Å². The number of carbonyl (C=O) groups is 1. The molecule has 0 aromatic heterocycles. The van der Waals surface area contributed by atoms with Crippen molar-refractivity contribution in [3.63, 3.8) is 0 Å². The van der Waals surface area contributed by atoms with Gasteiger partial charge in [-0.3, -0.25) is 0 Å². The summed E-state index contributed by atoms with van der Waals surface area (Å²) in [5.74, 6) is -1.65. The van der Waals surface area contributed by atoms with Crippen LogP contribution >= 0.6 is 15.9 Å². The molecule has 0 amide bonds. The summed E-state index contributed by atoms with van der Waals surface area (Å²) in [6.07, 6.45) is 3.03. The van der Waals surface area contributed by atoms with Crippen LogP contribution in [0.5, 0.6) is 0 Å². The number of aromatic carboxylic acids is 1. The van der Waals surface area contributed by atoms with Crippen LogP contribution in [0.4, 0.5) is 10.1 Å². The molecule has 0 saturated heterocycles. The van der Waals surface area contributed by atoms with E-state index < -0.39 is 11.8 Å². The van der Waals surface area contributed by atoms with Crippen molar-refractivity contribution in [1.82, 2.24) is 0 Å². The van der Waals surface area contributed by atoms with E-state index in [4.69, 9.17) is 5.11 Å². The number of rotatable bonds is 2. The van der Waals surface area contributed by atoms with E-state index in [1.54, 1.807) is 6.07 Å². The zero-order chi connectivity index (χ0) is 15.8. The lowest BCUT2D eigenvalue weighted by atomic mass is 9.83. The molecule has 0 fully saturated rings. The first-order valence-electron chi connectivity index (χ1n) is 6.87. The minimum absolute atomic E-state index is 0.0121. The van der Waals surface area contributed by atoms with Crippen molar-refractivity contribution in [1.29, 1.82) is 0 Å². The van der Waals surface area contributed by atoms with Crippen LogP contribution < -0.4 is 4.90 Å². The lowest BCUT2D eigenvalue weighted by molar-refractivity contribution is 0.0695. The van der Waals surface area contributed by atoms with Crippen molar-refractivity contribution in [2.75, 3.05) is 18.0 Å². The van der Waals surface area contributed by atoms with Crippen molar-refractivity contribution in [3.05, 3.63) is 39.6 Å². The fourth-order valence-corrected chi connectivity index (χ4v) is 3.02. The lowest BCUT2D eigenvalue weighted by Crippen LogP contribution is -2.32. The molecule has 2 rings (SSSR count). The Labute approximate surface area is 132 Å². The van der Waals surface area contributed by atoms with E-state index in [2.05, 4.69) is 42.8 Å². The summed E-state index contributed by atoms with van der Waals surface area (Å²) < 4.78 is 14.4. The van der Waals surface area contributed by atoms with Gasteiger partial charge < -0.3 is 10.0 Å². The van der Waals surface area contributed by atoms with Crippen LogP contribution in [0.3, 0.4) is 0 Å². The minimum Gasteiger partial charge on any atom is -0.478 e. The fourth-order valence-electron chi connectivity index (χ4n) is 2.52. The van der Waals surface area contributed by atoms with E-state index in [1.807, 2.05) is 4.90 Å². The van der Waals surface area contributed by atoms with Crippen LogP contribution in [0, 0.1) is 11.2 Å². The molecule has 3 nitrogen and oxygen atoms in total. The maximum absolute atomic E-state index is 14.4. The molecule has 5 heteroatoms. The average Bonchev–Trinajstić information content (AvgIpc) is 2.40. The number of halogens is 2. The van der Waals surface area contributed by atoms with Gasteiger partial charge in [0, 0.05) is 13.1 Å². The normalized spacial score (nSPS) is 15.9. The number of benzene rings is 1. The van der Waals surface area contributed by atoms with Gasteiger partial charge in [-0.1, -0.05) is 32.4 Å². The summed E-state index contributed by atoms with van der Waals surface area (Å²) in [6, 6.07) is 2.98. The monoisotopic (exact) mass is 355 g/mol. The van der Waals surface area contributed by atoms with Gasteiger partial charge in [0.15, 0.2) is 5.82 Å². The van der Waals surface area contributed by atoms with Crippen molar-refractivity contribution in [3.8, 4) is 0 Å². The van der Waals surface area contributed by atoms with Crippen molar-refractivity contribution >= 4 is 27.6 Å². The molecule has 1 N–H and O–H groups in total. The third kappa shape index (κ3) is 3.28. The van der Waals surface area contributed by atoms with Crippen LogP contribution in [0.25, 0.3) is 0 Å². The molecule has 1 aromatic carbocycles. The Bertz CT molecular complexity index is 605. The van der Waals surface area contributed by atoms with Gasteiger partial charge in [0.1, 0.15) is 0 Å². The van der Waals surface area contributed by atoms with E-state index in [0.29, 0.717) is 12.2 Å². The van der Waals surface area contributed by atoms with Crippen LogP contribution in [0.15, 0.2) is 28.3 Å². The largest absolute Gasteiger partial charge is 0.478 e. The fraction of sp³-hybridized carbons (Fsp3) is 0.438.